The molecule has 3 N–H and O–H groups in total. The number of ketones is 1. The van der Waals surface area contributed by atoms with Crippen LogP contribution < -0.4 is 4.74 Å². The maximum atomic E-state index is 12.2. The van der Waals surface area contributed by atoms with Gasteiger partial charge >= 0.3 is 0 Å². The van der Waals surface area contributed by atoms with Gasteiger partial charge in [0.2, 0.25) is 11.6 Å². The standard InChI is InChI=1S/C21H28O5/c1-5-11-20(12-7-8-19(23)21(20,24)25)15(4)14(3)16-9-10-18(26-6-2)17(22)13-16/h5,7-10,13-15,22,24-25H,1,6,11-12H2,2-4H3/t14-,15+,20+/m0/s1. The van der Waals surface area contributed by atoms with Crippen LogP contribution in [0.15, 0.2) is 43.0 Å². The summed E-state index contributed by atoms with van der Waals surface area (Å²) < 4.78 is 5.36. The topological polar surface area (TPSA) is 87.0 Å². The van der Waals surface area contributed by atoms with Crippen LogP contribution in [0.2, 0.25) is 0 Å². The zero-order chi connectivity index (χ0) is 19.5. The van der Waals surface area contributed by atoms with E-state index >= 15 is 0 Å². The molecule has 0 bridgehead atoms. The van der Waals surface area contributed by atoms with Gasteiger partial charge in [-0.2, -0.15) is 0 Å². The second-order valence-electron chi connectivity index (χ2n) is 7.03. The second kappa shape index (κ2) is 7.64. The molecule has 26 heavy (non-hydrogen) atoms. The number of rotatable bonds is 7. The predicted molar refractivity (Wildman–Crippen MR) is 100 cm³/mol. The van der Waals surface area contributed by atoms with Crippen molar-refractivity contribution in [1.82, 2.24) is 0 Å². The van der Waals surface area contributed by atoms with Crippen molar-refractivity contribution >= 4 is 5.78 Å². The Morgan fingerprint density at radius 1 is 1.35 bits per heavy atom. The first-order valence-corrected chi connectivity index (χ1v) is 8.93. The smallest absolute Gasteiger partial charge is 0.234 e. The van der Waals surface area contributed by atoms with Crippen molar-refractivity contribution in [2.45, 2.75) is 45.3 Å². The minimum absolute atomic E-state index is 0.0417. The predicted octanol–water partition coefficient (Wildman–Crippen LogP) is 3.30. The van der Waals surface area contributed by atoms with E-state index in [2.05, 4.69) is 6.58 Å². The Morgan fingerprint density at radius 3 is 2.62 bits per heavy atom. The van der Waals surface area contributed by atoms with Crippen LogP contribution in [0.25, 0.3) is 0 Å². The Hall–Kier alpha value is -2.11. The number of carbonyl (C=O) groups excluding carboxylic acids is 1. The number of benzene rings is 1. The SMILES string of the molecule is C=CC[C@]1([C@H](C)[C@H](C)c2ccc(OCC)c(O)c2)CC=CC(=O)C1(O)O. The number of ether oxygens (including phenoxy) is 1. The van der Waals surface area contributed by atoms with E-state index in [0.29, 0.717) is 18.8 Å². The van der Waals surface area contributed by atoms with Crippen LogP contribution in [0.1, 0.15) is 45.1 Å². The minimum atomic E-state index is -2.46. The van der Waals surface area contributed by atoms with Crippen molar-refractivity contribution in [2.24, 2.45) is 11.3 Å². The van der Waals surface area contributed by atoms with E-state index in [1.54, 1.807) is 24.3 Å². The lowest BCUT2D eigenvalue weighted by Gasteiger charge is -2.49. The van der Waals surface area contributed by atoms with Crippen LogP contribution in [0.5, 0.6) is 11.5 Å². The highest BCUT2D eigenvalue weighted by Gasteiger charge is 2.57. The lowest BCUT2D eigenvalue weighted by molar-refractivity contribution is -0.244. The molecule has 0 unspecified atom stereocenters. The van der Waals surface area contributed by atoms with Gasteiger partial charge in [-0.15, -0.1) is 6.58 Å². The Kier molecular flexibility index (Phi) is 5.94. The third-order valence-electron chi connectivity index (χ3n) is 5.73. The van der Waals surface area contributed by atoms with Crippen molar-refractivity contribution in [1.29, 1.82) is 0 Å². The summed E-state index contributed by atoms with van der Waals surface area (Å²) in [7, 11) is 0. The largest absolute Gasteiger partial charge is 0.504 e. The fourth-order valence-electron chi connectivity index (χ4n) is 3.92. The number of hydrogen-bond donors (Lipinski definition) is 3. The van der Waals surface area contributed by atoms with E-state index in [1.165, 1.54) is 6.08 Å². The molecule has 1 aromatic carbocycles. The first-order chi connectivity index (χ1) is 12.2. The summed E-state index contributed by atoms with van der Waals surface area (Å²) in [4.78, 5) is 12.2. The molecule has 2 rings (SSSR count). The van der Waals surface area contributed by atoms with Crippen LogP contribution in [0, 0.1) is 11.3 Å². The van der Waals surface area contributed by atoms with Crippen molar-refractivity contribution in [3.63, 3.8) is 0 Å². The quantitative estimate of drug-likeness (QED) is 0.513. The third-order valence-corrected chi connectivity index (χ3v) is 5.73. The molecule has 0 heterocycles. The average molecular weight is 360 g/mol. The van der Waals surface area contributed by atoms with Crippen LogP contribution in [-0.4, -0.2) is 33.5 Å². The van der Waals surface area contributed by atoms with Crippen molar-refractivity contribution in [3.8, 4) is 11.5 Å². The maximum Gasteiger partial charge on any atom is 0.234 e. The number of hydrogen-bond acceptors (Lipinski definition) is 5. The number of carbonyl (C=O) groups is 1. The van der Waals surface area contributed by atoms with E-state index in [4.69, 9.17) is 4.74 Å². The summed E-state index contributed by atoms with van der Waals surface area (Å²) in [5.74, 6) is -3.14. The monoisotopic (exact) mass is 360 g/mol. The van der Waals surface area contributed by atoms with Gasteiger partial charge in [0.25, 0.3) is 0 Å². The molecule has 0 radical (unpaired) electrons. The van der Waals surface area contributed by atoms with Gasteiger partial charge in [0.15, 0.2) is 11.5 Å². The van der Waals surface area contributed by atoms with Crippen molar-refractivity contribution in [3.05, 3.63) is 48.6 Å². The molecular formula is C21H28O5. The number of aromatic hydroxyl groups is 1. The molecule has 0 aliphatic heterocycles. The molecule has 0 saturated heterocycles. The summed E-state index contributed by atoms with van der Waals surface area (Å²) in [6.07, 6.45) is 5.17. The normalized spacial score (nSPS) is 24.1. The molecule has 0 fully saturated rings. The Labute approximate surface area is 154 Å². The lowest BCUT2D eigenvalue weighted by Crippen LogP contribution is -2.58. The molecule has 1 aromatic rings. The van der Waals surface area contributed by atoms with Crippen molar-refractivity contribution < 1.29 is 24.9 Å². The summed E-state index contributed by atoms with van der Waals surface area (Å²) in [5, 5.41) is 31.5. The molecule has 1 aliphatic rings. The van der Waals surface area contributed by atoms with E-state index in [-0.39, 0.29) is 24.0 Å². The molecule has 5 heteroatoms. The fourth-order valence-corrected chi connectivity index (χ4v) is 3.92. The van der Waals surface area contributed by atoms with Crippen LogP contribution in [0.3, 0.4) is 0 Å². The minimum Gasteiger partial charge on any atom is -0.504 e. The van der Waals surface area contributed by atoms with Gasteiger partial charge in [0.05, 0.1) is 6.61 Å². The van der Waals surface area contributed by atoms with Gasteiger partial charge in [-0.3, -0.25) is 4.79 Å². The third kappa shape index (κ3) is 3.29. The summed E-state index contributed by atoms with van der Waals surface area (Å²) >= 11 is 0. The summed E-state index contributed by atoms with van der Waals surface area (Å²) in [6.45, 7) is 9.87. The van der Waals surface area contributed by atoms with E-state index in [0.717, 1.165) is 5.56 Å². The first-order valence-electron chi connectivity index (χ1n) is 8.93. The van der Waals surface area contributed by atoms with Gasteiger partial charge in [0, 0.05) is 5.41 Å². The van der Waals surface area contributed by atoms with Crippen LogP contribution in [-0.2, 0) is 4.79 Å². The molecule has 0 saturated carbocycles. The molecule has 0 amide bonds. The highest BCUT2D eigenvalue weighted by Crippen LogP contribution is 2.52. The lowest BCUT2D eigenvalue weighted by atomic mass is 9.58. The molecule has 5 nitrogen and oxygen atoms in total. The van der Waals surface area contributed by atoms with E-state index < -0.39 is 17.0 Å². The molecule has 0 aromatic heterocycles. The maximum absolute atomic E-state index is 12.2. The Morgan fingerprint density at radius 2 is 2.04 bits per heavy atom. The number of allylic oxidation sites excluding steroid dienone is 2. The molecule has 1 aliphatic carbocycles. The van der Waals surface area contributed by atoms with Gasteiger partial charge in [-0.05, 0) is 55.4 Å². The zero-order valence-corrected chi connectivity index (χ0v) is 15.6. The highest BCUT2D eigenvalue weighted by atomic mass is 16.5. The number of phenols is 1. The fraction of sp³-hybridized carbons (Fsp3) is 0.476. The second-order valence-corrected chi connectivity index (χ2v) is 7.03. The molecule has 0 spiro atoms. The van der Waals surface area contributed by atoms with Gasteiger partial charge in [0.1, 0.15) is 0 Å². The van der Waals surface area contributed by atoms with Crippen LogP contribution >= 0.6 is 0 Å². The van der Waals surface area contributed by atoms with Gasteiger partial charge in [-0.1, -0.05) is 32.1 Å². The zero-order valence-electron chi connectivity index (χ0n) is 15.6. The number of phenolic OH excluding ortho intramolecular Hbond substituents is 1. The van der Waals surface area contributed by atoms with E-state index in [9.17, 15) is 20.1 Å². The summed E-state index contributed by atoms with van der Waals surface area (Å²) in [5.41, 5.74) is -0.256. The molecule has 142 valence electrons. The first kappa shape index (κ1) is 20.2. The Bertz CT molecular complexity index is 706. The van der Waals surface area contributed by atoms with Crippen molar-refractivity contribution in [2.75, 3.05) is 6.61 Å². The highest BCUT2D eigenvalue weighted by molar-refractivity contribution is 5.97. The summed E-state index contributed by atoms with van der Waals surface area (Å²) in [6, 6.07) is 5.18. The average Bonchev–Trinajstić information content (AvgIpc) is 2.60. The van der Waals surface area contributed by atoms with E-state index in [1.807, 2.05) is 26.8 Å². The van der Waals surface area contributed by atoms with Gasteiger partial charge < -0.3 is 20.1 Å². The van der Waals surface area contributed by atoms with Gasteiger partial charge in [-0.25, -0.2) is 0 Å². The Balaban J connectivity index is 2.42. The molecule has 3 atom stereocenters. The van der Waals surface area contributed by atoms with Crippen LogP contribution in [0.4, 0.5) is 0 Å². The number of aliphatic hydroxyl groups is 2. The molecular weight excluding hydrogens is 332 g/mol.